The first-order valence-electron chi connectivity index (χ1n) is 11.0. The molecule has 2 rings (SSSR count). The molecule has 0 aromatic heterocycles. The van der Waals surface area contributed by atoms with E-state index in [1.54, 1.807) is 13.3 Å². The van der Waals surface area contributed by atoms with E-state index >= 15 is 0 Å². The number of hydrogen-bond acceptors (Lipinski definition) is 2. The fourth-order valence-corrected chi connectivity index (χ4v) is 21.2. The van der Waals surface area contributed by atoms with E-state index in [0.717, 1.165) is 18.6 Å². The van der Waals surface area contributed by atoms with E-state index in [1.807, 2.05) is 0 Å². The average molecular weight is 464 g/mol. The van der Waals surface area contributed by atoms with E-state index in [1.165, 1.54) is 48.5 Å². The van der Waals surface area contributed by atoms with E-state index < -0.39 is 18.4 Å². The molecule has 146 valence electrons. The first kappa shape index (κ1) is 21.8. The van der Waals surface area contributed by atoms with Crippen molar-refractivity contribution in [3.8, 4) is 0 Å². The van der Waals surface area contributed by atoms with Crippen LogP contribution in [0.25, 0.3) is 0 Å². The summed E-state index contributed by atoms with van der Waals surface area (Å²) in [4.78, 5) is 6.08. The van der Waals surface area contributed by atoms with Gasteiger partial charge in [0, 0.05) is 0 Å². The molecule has 0 amide bonds. The third-order valence-corrected chi connectivity index (χ3v) is 21.8. The summed E-state index contributed by atoms with van der Waals surface area (Å²) in [6, 6.07) is 10.5. The van der Waals surface area contributed by atoms with E-state index in [4.69, 9.17) is 4.84 Å². The third-order valence-electron chi connectivity index (χ3n) is 5.96. The summed E-state index contributed by atoms with van der Waals surface area (Å²) in [6.45, 7) is 7.05. The maximum absolute atomic E-state index is 6.08. The molecule has 0 N–H and O–H groups in total. The summed E-state index contributed by atoms with van der Waals surface area (Å²) in [5.41, 5.74) is 2.36. The van der Waals surface area contributed by atoms with Gasteiger partial charge in [-0.05, 0) is 0 Å². The van der Waals surface area contributed by atoms with Gasteiger partial charge in [-0.2, -0.15) is 0 Å². The molecule has 0 spiro atoms. The normalized spacial score (nSPS) is 17.7. The predicted octanol–water partition coefficient (Wildman–Crippen LogP) is 7.42. The van der Waals surface area contributed by atoms with Gasteiger partial charge in [-0.3, -0.25) is 0 Å². The number of nitrogens with zero attached hydrogens (tertiary/aromatic N) is 1. The second kappa shape index (κ2) is 12.0. The fraction of sp³-hybridized carbons (Fsp3) is 0.696. The fourth-order valence-electron chi connectivity index (χ4n) is 4.32. The number of rotatable bonds is 12. The first-order valence-corrected chi connectivity index (χ1v) is 19.1. The summed E-state index contributed by atoms with van der Waals surface area (Å²) < 4.78 is 6.11. The van der Waals surface area contributed by atoms with Crippen LogP contribution in [-0.2, 0) is 4.84 Å². The van der Waals surface area contributed by atoms with Crippen LogP contribution >= 0.6 is 0 Å². The molecule has 1 atom stereocenters. The topological polar surface area (TPSA) is 21.6 Å². The summed E-state index contributed by atoms with van der Waals surface area (Å²) in [7, 11) is 0. The molecule has 0 fully saturated rings. The first-order chi connectivity index (χ1) is 12.7. The summed E-state index contributed by atoms with van der Waals surface area (Å²) in [5.74, 6) is 0. The SMILES string of the molecule is CCC[CH2][Sn]([CH2]CCC)([CH2]CCC)[CH2]C1CCC(c2ccccc2)=NO1. The van der Waals surface area contributed by atoms with E-state index in [2.05, 4.69) is 56.3 Å². The van der Waals surface area contributed by atoms with Gasteiger partial charge in [-0.25, -0.2) is 0 Å². The van der Waals surface area contributed by atoms with Crippen molar-refractivity contribution in [2.45, 2.75) is 96.0 Å². The zero-order chi connectivity index (χ0) is 18.7. The van der Waals surface area contributed by atoms with Crippen molar-refractivity contribution in [1.29, 1.82) is 0 Å². The Labute approximate surface area is 165 Å². The van der Waals surface area contributed by atoms with Crippen molar-refractivity contribution >= 4 is 24.1 Å². The van der Waals surface area contributed by atoms with Crippen molar-refractivity contribution in [3.63, 3.8) is 0 Å². The quantitative estimate of drug-likeness (QED) is 0.295. The van der Waals surface area contributed by atoms with Crippen LogP contribution in [0.3, 0.4) is 0 Å². The third kappa shape index (κ3) is 6.90. The Hall–Kier alpha value is -0.511. The molecule has 1 aliphatic heterocycles. The molecule has 0 saturated heterocycles. The van der Waals surface area contributed by atoms with E-state index in [-0.39, 0.29) is 0 Å². The van der Waals surface area contributed by atoms with Crippen LogP contribution in [0.2, 0.25) is 17.7 Å². The molecule has 0 radical (unpaired) electrons. The summed E-state index contributed by atoms with van der Waals surface area (Å²) in [5, 5.41) is 4.56. The van der Waals surface area contributed by atoms with Gasteiger partial charge < -0.3 is 0 Å². The van der Waals surface area contributed by atoms with Gasteiger partial charge in [0.15, 0.2) is 0 Å². The maximum atomic E-state index is 6.08. The standard InChI is InChI=1S/C11H12NO.3C4H9.Sn/c1-9-7-8-11(12-13-9)10-5-3-2-4-6-10;3*1-3-4-2;/h2-6,9H,1,7-8H2;3*1,3-4H2,2H3;. The van der Waals surface area contributed by atoms with Gasteiger partial charge in [-0.1, -0.05) is 0 Å². The van der Waals surface area contributed by atoms with Crippen LogP contribution in [0, 0.1) is 0 Å². The zero-order valence-electron chi connectivity index (χ0n) is 17.3. The summed E-state index contributed by atoms with van der Waals surface area (Å²) in [6.07, 6.45) is 11.0. The molecule has 1 aliphatic rings. The summed E-state index contributed by atoms with van der Waals surface area (Å²) >= 11 is -2.11. The Kier molecular flexibility index (Phi) is 10.1. The van der Waals surface area contributed by atoms with Gasteiger partial charge in [0.05, 0.1) is 0 Å². The van der Waals surface area contributed by atoms with Crippen LogP contribution in [-0.4, -0.2) is 30.2 Å². The van der Waals surface area contributed by atoms with Crippen LogP contribution in [0.15, 0.2) is 35.5 Å². The van der Waals surface area contributed by atoms with Crippen molar-refractivity contribution in [2.75, 3.05) is 0 Å². The Morgan fingerprint density at radius 2 is 1.50 bits per heavy atom. The minimum atomic E-state index is -2.11. The Bertz CT molecular complexity index is 506. The Balaban J connectivity index is 2.03. The monoisotopic (exact) mass is 465 g/mol. The second-order valence-corrected chi connectivity index (χ2v) is 22.2. The molecule has 0 bridgehead atoms. The number of benzene rings is 1. The van der Waals surface area contributed by atoms with Crippen LogP contribution in [0.1, 0.15) is 77.7 Å². The molecule has 2 nitrogen and oxygen atoms in total. The van der Waals surface area contributed by atoms with E-state index in [9.17, 15) is 0 Å². The van der Waals surface area contributed by atoms with Crippen LogP contribution in [0.5, 0.6) is 0 Å². The van der Waals surface area contributed by atoms with Gasteiger partial charge in [0.1, 0.15) is 0 Å². The Morgan fingerprint density at radius 3 is 1.96 bits per heavy atom. The van der Waals surface area contributed by atoms with Crippen molar-refractivity contribution in [2.24, 2.45) is 5.16 Å². The zero-order valence-corrected chi connectivity index (χ0v) is 20.2. The molecule has 1 unspecified atom stereocenters. The second-order valence-electron chi connectivity index (χ2n) is 8.18. The minimum absolute atomic E-state index is 0.392. The van der Waals surface area contributed by atoms with Crippen molar-refractivity contribution < 1.29 is 4.84 Å². The average Bonchev–Trinajstić information content (AvgIpc) is 2.70. The van der Waals surface area contributed by atoms with Gasteiger partial charge >= 0.3 is 166 Å². The van der Waals surface area contributed by atoms with E-state index in [0.29, 0.717) is 6.10 Å². The van der Waals surface area contributed by atoms with Crippen LogP contribution < -0.4 is 0 Å². The molecule has 1 aromatic carbocycles. The van der Waals surface area contributed by atoms with Gasteiger partial charge in [0.25, 0.3) is 0 Å². The molecular formula is C23H39NOSn. The molecule has 1 heterocycles. The molecule has 3 heteroatoms. The predicted molar refractivity (Wildman–Crippen MR) is 117 cm³/mol. The molecule has 26 heavy (non-hydrogen) atoms. The van der Waals surface area contributed by atoms with Crippen molar-refractivity contribution in [3.05, 3.63) is 35.9 Å². The number of oxime groups is 1. The van der Waals surface area contributed by atoms with Gasteiger partial charge in [-0.15, -0.1) is 0 Å². The molecule has 1 aromatic rings. The number of unbranched alkanes of at least 4 members (excludes halogenated alkanes) is 3. The van der Waals surface area contributed by atoms with Crippen molar-refractivity contribution in [1.82, 2.24) is 0 Å². The van der Waals surface area contributed by atoms with Gasteiger partial charge in [0.2, 0.25) is 0 Å². The molecular weight excluding hydrogens is 425 g/mol. The van der Waals surface area contributed by atoms with Crippen LogP contribution in [0.4, 0.5) is 0 Å². The molecule has 0 aliphatic carbocycles. The Morgan fingerprint density at radius 1 is 0.923 bits per heavy atom. The molecule has 0 saturated carbocycles. The number of hydrogen-bond donors (Lipinski definition) is 0.